The molecule has 0 N–H and O–H groups in total. The summed E-state index contributed by atoms with van der Waals surface area (Å²) in [6.45, 7) is 9.47. The molecule has 1 saturated heterocycles. The molecule has 162 valence electrons. The first-order chi connectivity index (χ1) is 14.7. The number of esters is 1. The predicted octanol–water partition coefficient (Wildman–Crippen LogP) is 5.63. The van der Waals surface area contributed by atoms with E-state index in [1.165, 1.54) is 12.1 Å². The molecule has 1 aliphatic heterocycles. The van der Waals surface area contributed by atoms with Crippen molar-refractivity contribution >= 4 is 22.8 Å². The maximum atomic E-state index is 13.5. The van der Waals surface area contributed by atoms with Gasteiger partial charge in [-0.2, -0.15) is 0 Å². The molecule has 1 atom stereocenters. The molecule has 0 amide bonds. The quantitative estimate of drug-likeness (QED) is 0.511. The number of fused-ring (bicyclic) bond motifs is 1. The van der Waals surface area contributed by atoms with Crippen LogP contribution in [0.5, 0.6) is 0 Å². The zero-order chi connectivity index (χ0) is 22.2. The summed E-state index contributed by atoms with van der Waals surface area (Å²) in [5.41, 5.74) is 3.23. The van der Waals surface area contributed by atoms with Gasteiger partial charge in [0.15, 0.2) is 5.82 Å². The molecule has 1 fully saturated rings. The molecule has 0 aliphatic carbocycles. The standard InChI is InChI=1S/C25H28FN3O2/c1-16-6-5-13-29(16)23-22(17-7-10-19(26)11-8-17)27-20-12-9-18(14-21(20)28-23)24(30)31-15-25(2,3)4/h7-12,14,16H,5-6,13,15H2,1-4H3/t16-/m0/s1. The first-order valence-electron chi connectivity index (χ1n) is 10.7. The first-order valence-corrected chi connectivity index (χ1v) is 10.7. The van der Waals surface area contributed by atoms with Crippen LogP contribution in [0.4, 0.5) is 10.2 Å². The molecular weight excluding hydrogens is 393 g/mol. The third kappa shape index (κ3) is 4.68. The minimum absolute atomic E-state index is 0.102. The summed E-state index contributed by atoms with van der Waals surface area (Å²) in [6, 6.07) is 11.9. The van der Waals surface area contributed by atoms with Gasteiger partial charge in [0.1, 0.15) is 11.5 Å². The number of rotatable bonds is 4. The van der Waals surface area contributed by atoms with Gasteiger partial charge < -0.3 is 9.64 Å². The summed E-state index contributed by atoms with van der Waals surface area (Å²) < 4.78 is 18.9. The molecule has 0 bridgehead atoms. The van der Waals surface area contributed by atoms with Gasteiger partial charge in [-0.05, 0) is 67.6 Å². The summed E-state index contributed by atoms with van der Waals surface area (Å²) >= 11 is 0. The van der Waals surface area contributed by atoms with Crippen LogP contribution < -0.4 is 4.90 Å². The van der Waals surface area contributed by atoms with Crippen molar-refractivity contribution in [3.05, 3.63) is 53.8 Å². The SMILES string of the molecule is C[C@H]1CCCN1c1nc2cc(C(=O)OCC(C)(C)C)ccc2nc1-c1ccc(F)cc1. The number of aromatic nitrogens is 2. The number of anilines is 1. The van der Waals surface area contributed by atoms with Crippen molar-refractivity contribution in [2.24, 2.45) is 5.41 Å². The minimum Gasteiger partial charge on any atom is -0.462 e. The number of hydrogen-bond acceptors (Lipinski definition) is 5. The van der Waals surface area contributed by atoms with E-state index in [9.17, 15) is 9.18 Å². The minimum atomic E-state index is -0.364. The van der Waals surface area contributed by atoms with E-state index in [0.717, 1.165) is 36.5 Å². The number of carbonyl (C=O) groups is 1. The van der Waals surface area contributed by atoms with Crippen LogP contribution in [0.1, 0.15) is 50.9 Å². The Labute approximate surface area is 182 Å². The Morgan fingerprint density at radius 1 is 1.13 bits per heavy atom. The highest BCUT2D eigenvalue weighted by Crippen LogP contribution is 2.34. The molecule has 1 aromatic heterocycles. The zero-order valence-corrected chi connectivity index (χ0v) is 18.5. The molecule has 31 heavy (non-hydrogen) atoms. The molecule has 1 aliphatic rings. The van der Waals surface area contributed by atoms with E-state index >= 15 is 0 Å². The van der Waals surface area contributed by atoms with Crippen LogP contribution in [0.25, 0.3) is 22.3 Å². The summed E-state index contributed by atoms with van der Waals surface area (Å²) in [4.78, 5) is 24.6. The van der Waals surface area contributed by atoms with Gasteiger partial charge in [-0.1, -0.05) is 20.8 Å². The van der Waals surface area contributed by atoms with Crippen LogP contribution in [-0.2, 0) is 4.74 Å². The molecule has 4 rings (SSSR count). The fourth-order valence-corrected chi connectivity index (χ4v) is 3.79. The normalized spacial score (nSPS) is 16.7. The van der Waals surface area contributed by atoms with Crippen molar-refractivity contribution in [2.75, 3.05) is 18.1 Å². The lowest BCUT2D eigenvalue weighted by Crippen LogP contribution is -2.28. The number of hydrogen-bond donors (Lipinski definition) is 0. The monoisotopic (exact) mass is 421 g/mol. The van der Waals surface area contributed by atoms with Gasteiger partial charge >= 0.3 is 5.97 Å². The van der Waals surface area contributed by atoms with Gasteiger partial charge in [0.25, 0.3) is 0 Å². The molecule has 2 aromatic carbocycles. The van der Waals surface area contributed by atoms with Crippen LogP contribution in [0.3, 0.4) is 0 Å². The Bertz CT molecular complexity index is 1110. The van der Waals surface area contributed by atoms with Crippen LogP contribution in [0.15, 0.2) is 42.5 Å². The fourth-order valence-electron chi connectivity index (χ4n) is 3.79. The van der Waals surface area contributed by atoms with Crippen LogP contribution in [-0.4, -0.2) is 35.1 Å². The van der Waals surface area contributed by atoms with E-state index in [1.54, 1.807) is 30.3 Å². The second kappa shape index (κ2) is 8.25. The lowest BCUT2D eigenvalue weighted by Gasteiger charge is -2.25. The third-order valence-electron chi connectivity index (χ3n) is 5.46. The summed E-state index contributed by atoms with van der Waals surface area (Å²) in [5.74, 6) is 0.119. The molecule has 5 nitrogen and oxygen atoms in total. The molecular formula is C25H28FN3O2. The first kappa shape index (κ1) is 21.2. The Balaban J connectivity index is 1.77. The average molecular weight is 422 g/mol. The van der Waals surface area contributed by atoms with Crippen molar-refractivity contribution in [3.63, 3.8) is 0 Å². The lowest BCUT2D eigenvalue weighted by molar-refractivity contribution is 0.0367. The van der Waals surface area contributed by atoms with Crippen molar-refractivity contribution < 1.29 is 13.9 Å². The molecule has 2 heterocycles. The second-order valence-electron chi connectivity index (χ2n) is 9.43. The summed E-state index contributed by atoms with van der Waals surface area (Å²) in [6.07, 6.45) is 2.17. The second-order valence-corrected chi connectivity index (χ2v) is 9.43. The van der Waals surface area contributed by atoms with Crippen LogP contribution >= 0.6 is 0 Å². The van der Waals surface area contributed by atoms with Crippen molar-refractivity contribution in [3.8, 4) is 11.3 Å². The highest BCUT2D eigenvalue weighted by Gasteiger charge is 2.26. The van der Waals surface area contributed by atoms with E-state index in [0.29, 0.717) is 29.2 Å². The predicted molar refractivity (Wildman–Crippen MR) is 121 cm³/mol. The lowest BCUT2D eigenvalue weighted by atomic mass is 9.99. The van der Waals surface area contributed by atoms with E-state index in [1.807, 2.05) is 20.8 Å². The van der Waals surface area contributed by atoms with Crippen LogP contribution in [0.2, 0.25) is 0 Å². The smallest absolute Gasteiger partial charge is 0.338 e. The molecule has 6 heteroatoms. The van der Waals surface area contributed by atoms with E-state index < -0.39 is 0 Å². The largest absolute Gasteiger partial charge is 0.462 e. The number of nitrogens with zero attached hydrogens (tertiary/aromatic N) is 3. The molecule has 0 saturated carbocycles. The third-order valence-corrected chi connectivity index (χ3v) is 5.46. The molecule has 0 radical (unpaired) electrons. The molecule has 0 unspecified atom stereocenters. The van der Waals surface area contributed by atoms with Gasteiger partial charge in [0.2, 0.25) is 0 Å². The van der Waals surface area contributed by atoms with E-state index in [2.05, 4.69) is 11.8 Å². The molecule has 0 spiro atoms. The van der Waals surface area contributed by atoms with Gasteiger partial charge in [-0.25, -0.2) is 19.2 Å². The summed E-state index contributed by atoms with van der Waals surface area (Å²) in [7, 11) is 0. The summed E-state index contributed by atoms with van der Waals surface area (Å²) in [5, 5.41) is 0. The molecule has 3 aromatic rings. The van der Waals surface area contributed by atoms with Gasteiger partial charge in [0.05, 0.1) is 23.2 Å². The Kier molecular flexibility index (Phi) is 5.65. The van der Waals surface area contributed by atoms with Gasteiger partial charge in [0, 0.05) is 18.2 Å². The Morgan fingerprint density at radius 2 is 1.87 bits per heavy atom. The van der Waals surface area contributed by atoms with Crippen molar-refractivity contribution in [1.29, 1.82) is 0 Å². The van der Waals surface area contributed by atoms with Crippen molar-refractivity contribution in [2.45, 2.75) is 46.6 Å². The Hall–Kier alpha value is -3.02. The maximum absolute atomic E-state index is 13.5. The topological polar surface area (TPSA) is 55.3 Å². The number of ether oxygens (including phenoxy) is 1. The van der Waals surface area contributed by atoms with E-state index in [-0.39, 0.29) is 17.2 Å². The highest BCUT2D eigenvalue weighted by molar-refractivity contribution is 5.94. The number of carbonyl (C=O) groups excluding carboxylic acids is 1. The Morgan fingerprint density at radius 3 is 2.52 bits per heavy atom. The van der Waals surface area contributed by atoms with Gasteiger partial charge in [-0.3, -0.25) is 0 Å². The fraction of sp³-hybridized carbons (Fsp3) is 0.400. The highest BCUT2D eigenvalue weighted by atomic mass is 19.1. The van der Waals surface area contributed by atoms with Gasteiger partial charge in [-0.15, -0.1) is 0 Å². The average Bonchev–Trinajstić information content (AvgIpc) is 3.16. The maximum Gasteiger partial charge on any atom is 0.338 e. The number of halogens is 1. The zero-order valence-electron chi connectivity index (χ0n) is 18.5. The number of benzene rings is 2. The van der Waals surface area contributed by atoms with E-state index in [4.69, 9.17) is 14.7 Å². The van der Waals surface area contributed by atoms with Crippen LogP contribution in [0, 0.1) is 11.2 Å². The van der Waals surface area contributed by atoms with Crippen molar-refractivity contribution in [1.82, 2.24) is 9.97 Å².